The summed E-state index contributed by atoms with van der Waals surface area (Å²) >= 11 is 1.60. The number of rotatable bonds is 6. The lowest BCUT2D eigenvalue weighted by molar-refractivity contribution is 0.162. The van der Waals surface area contributed by atoms with Crippen molar-refractivity contribution in [1.29, 1.82) is 0 Å². The SMILES string of the molecule is CCC(N)C(Oc1ccccc1SC)c1ccccc1F. The summed E-state index contributed by atoms with van der Waals surface area (Å²) in [6.45, 7) is 1.97. The Kier molecular flexibility index (Phi) is 5.65. The van der Waals surface area contributed by atoms with Gasteiger partial charge >= 0.3 is 0 Å². The molecule has 2 N–H and O–H groups in total. The van der Waals surface area contributed by atoms with Crippen molar-refractivity contribution in [2.75, 3.05) is 6.26 Å². The minimum absolute atomic E-state index is 0.267. The largest absolute Gasteiger partial charge is 0.483 e. The van der Waals surface area contributed by atoms with Crippen molar-refractivity contribution in [3.8, 4) is 5.75 Å². The zero-order chi connectivity index (χ0) is 15.2. The normalized spacial score (nSPS) is 13.7. The van der Waals surface area contributed by atoms with Crippen molar-refractivity contribution in [3.05, 3.63) is 59.9 Å². The predicted molar refractivity (Wildman–Crippen MR) is 86.3 cm³/mol. The van der Waals surface area contributed by atoms with Crippen LogP contribution in [0.2, 0.25) is 0 Å². The minimum Gasteiger partial charge on any atom is -0.483 e. The second-order valence-corrected chi connectivity index (χ2v) is 5.63. The molecule has 0 saturated carbocycles. The van der Waals surface area contributed by atoms with E-state index >= 15 is 0 Å². The molecule has 0 saturated heterocycles. The van der Waals surface area contributed by atoms with Gasteiger partial charge < -0.3 is 10.5 Å². The van der Waals surface area contributed by atoms with Gasteiger partial charge in [-0.15, -0.1) is 11.8 Å². The minimum atomic E-state index is -0.496. The van der Waals surface area contributed by atoms with E-state index in [1.54, 1.807) is 30.0 Å². The molecule has 0 aromatic heterocycles. The monoisotopic (exact) mass is 305 g/mol. The molecule has 2 nitrogen and oxygen atoms in total. The second kappa shape index (κ2) is 7.48. The van der Waals surface area contributed by atoms with Crippen molar-refractivity contribution < 1.29 is 9.13 Å². The highest BCUT2D eigenvalue weighted by Crippen LogP contribution is 2.33. The van der Waals surface area contributed by atoms with Crippen LogP contribution < -0.4 is 10.5 Å². The van der Waals surface area contributed by atoms with Crippen LogP contribution in [-0.4, -0.2) is 12.3 Å². The fraction of sp³-hybridized carbons (Fsp3) is 0.294. The maximum Gasteiger partial charge on any atom is 0.142 e. The predicted octanol–water partition coefficient (Wildman–Crippen LogP) is 4.41. The van der Waals surface area contributed by atoms with E-state index in [0.717, 1.165) is 10.6 Å². The zero-order valence-electron chi connectivity index (χ0n) is 12.3. The number of hydrogen-bond acceptors (Lipinski definition) is 3. The van der Waals surface area contributed by atoms with Crippen LogP contribution >= 0.6 is 11.8 Å². The van der Waals surface area contributed by atoms with Gasteiger partial charge in [0.2, 0.25) is 0 Å². The molecule has 2 unspecified atom stereocenters. The number of ether oxygens (including phenoxy) is 1. The molecule has 2 atom stereocenters. The molecule has 21 heavy (non-hydrogen) atoms. The molecule has 0 aliphatic heterocycles. The van der Waals surface area contributed by atoms with Crippen LogP contribution in [0.1, 0.15) is 25.0 Å². The topological polar surface area (TPSA) is 35.2 Å². The number of thioether (sulfide) groups is 1. The molecule has 2 aromatic carbocycles. The Hall–Kier alpha value is -1.52. The van der Waals surface area contributed by atoms with Crippen molar-refractivity contribution in [2.45, 2.75) is 30.4 Å². The standard InChI is InChI=1S/C17H20FNOS/c1-3-14(19)17(12-8-4-5-9-13(12)18)20-15-10-6-7-11-16(15)21-2/h4-11,14,17H,3,19H2,1-2H3. The van der Waals surface area contributed by atoms with E-state index in [1.807, 2.05) is 37.4 Å². The summed E-state index contributed by atoms with van der Waals surface area (Å²) in [6, 6.07) is 14.1. The van der Waals surface area contributed by atoms with Gasteiger partial charge in [0.05, 0.1) is 0 Å². The van der Waals surface area contributed by atoms with Crippen molar-refractivity contribution in [1.82, 2.24) is 0 Å². The van der Waals surface area contributed by atoms with Gasteiger partial charge in [-0.2, -0.15) is 0 Å². The quantitative estimate of drug-likeness (QED) is 0.803. The van der Waals surface area contributed by atoms with E-state index in [-0.39, 0.29) is 11.9 Å². The van der Waals surface area contributed by atoms with E-state index < -0.39 is 6.10 Å². The fourth-order valence-electron chi connectivity index (χ4n) is 2.15. The Labute approximate surface area is 129 Å². The number of para-hydroxylation sites is 1. The molecule has 0 aliphatic rings. The molecule has 0 radical (unpaired) electrons. The van der Waals surface area contributed by atoms with Gasteiger partial charge in [-0.25, -0.2) is 4.39 Å². The molecule has 0 fully saturated rings. The highest BCUT2D eigenvalue weighted by atomic mass is 32.2. The van der Waals surface area contributed by atoms with Gasteiger partial charge in [-0.1, -0.05) is 37.3 Å². The Balaban J connectivity index is 2.36. The molecule has 0 amide bonds. The van der Waals surface area contributed by atoms with Crippen LogP contribution in [0.25, 0.3) is 0 Å². The van der Waals surface area contributed by atoms with Crippen LogP contribution in [-0.2, 0) is 0 Å². The summed E-state index contributed by atoms with van der Waals surface area (Å²) in [5.41, 5.74) is 6.66. The maximum atomic E-state index is 14.1. The van der Waals surface area contributed by atoms with Gasteiger partial charge in [0.25, 0.3) is 0 Å². The number of hydrogen-bond donors (Lipinski definition) is 1. The highest BCUT2D eigenvalue weighted by Gasteiger charge is 2.24. The lowest BCUT2D eigenvalue weighted by atomic mass is 10.0. The van der Waals surface area contributed by atoms with E-state index in [1.165, 1.54) is 6.07 Å². The second-order valence-electron chi connectivity index (χ2n) is 4.78. The third kappa shape index (κ3) is 3.77. The lowest BCUT2D eigenvalue weighted by Gasteiger charge is -2.26. The average Bonchev–Trinajstić information content (AvgIpc) is 2.53. The van der Waals surface area contributed by atoms with Crippen LogP contribution in [0.5, 0.6) is 5.75 Å². The van der Waals surface area contributed by atoms with Gasteiger partial charge in [0, 0.05) is 16.5 Å². The molecule has 112 valence electrons. The summed E-state index contributed by atoms with van der Waals surface area (Å²) in [6.07, 6.45) is 2.20. The summed E-state index contributed by atoms with van der Waals surface area (Å²) in [5, 5.41) is 0. The molecule has 4 heteroatoms. The third-order valence-electron chi connectivity index (χ3n) is 3.40. The Morgan fingerprint density at radius 2 is 1.81 bits per heavy atom. The molecule has 0 bridgehead atoms. The first-order valence-electron chi connectivity index (χ1n) is 6.97. The molecular formula is C17H20FNOS. The van der Waals surface area contributed by atoms with E-state index in [0.29, 0.717) is 12.0 Å². The van der Waals surface area contributed by atoms with Gasteiger partial charge in [-0.05, 0) is 30.9 Å². The van der Waals surface area contributed by atoms with Crippen LogP contribution in [0.3, 0.4) is 0 Å². The van der Waals surface area contributed by atoms with Crippen LogP contribution in [0, 0.1) is 5.82 Å². The number of halogens is 1. The zero-order valence-corrected chi connectivity index (χ0v) is 13.1. The fourth-order valence-corrected chi connectivity index (χ4v) is 2.69. The Morgan fingerprint density at radius 1 is 1.14 bits per heavy atom. The lowest BCUT2D eigenvalue weighted by Crippen LogP contribution is -2.32. The van der Waals surface area contributed by atoms with Gasteiger partial charge in [-0.3, -0.25) is 0 Å². The summed E-state index contributed by atoms with van der Waals surface area (Å²) in [5.74, 6) is 0.454. The first-order valence-corrected chi connectivity index (χ1v) is 8.19. The molecule has 2 rings (SSSR count). The van der Waals surface area contributed by atoms with Crippen LogP contribution in [0.15, 0.2) is 53.4 Å². The van der Waals surface area contributed by atoms with Gasteiger partial charge in [0.15, 0.2) is 0 Å². The van der Waals surface area contributed by atoms with E-state index in [9.17, 15) is 4.39 Å². The highest BCUT2D eigenvalue weighted by molar-refractivity contribution is 7.98. The Morgan fingerprint density at radius 3 is 2.48 bits per heavy atom. The first kappa shape index (κ1) is 15.9. The molecule has 0 aliphatic carbocycles. The van der Waals surface area contributed by atoms with Crippen LogP contribution in [0.4, 0.5) is 4.39 Å². The third-order valence-corrected chi connectivity index (χ3v) is 4.17. The molecule has 2 aromatic rings. The number of benzene rings is 2. The molecule has 0 spiro atoms. The van der Waals surface area contributed by atoms with Crippen molar-refractivity contribution >= 4 is 11.8 Å². The summed E-state index contributed by atoms with van der Waals surface area (Å²) in [7, 11) is 0. The number of nitrogens with two attached hydrogens (primary N) is 1. The van der Waals surface area contributed by atoms with E-state index in [4.69, 9.17) is 10.5 Å². The first-order chi connectivity index (χ1) is 10.2. The van der Waals surface area contributed by atoms with Gasteiger partial charge in [0.1, 0.15) is 17.7 Å². The average molecular weight is 305 g/mol. The molecule has 0 heterocycles. The maximum absolute atomic E-state index is 14.1. The Bertz CT molecular complexity index is 591. The van der Waals surface area contributed by atoms with Crippen molar-refractivity contribution in [3.63, 3.8) is 0 Å². The summed E-state index contributed by atoms with van der Waals surface area (Å²) < 4.78 is 20.2. The molecular weight excluding hydrogens is 285 g/mol. The summed E-state index contributed by atoms with van der Waals surface area (Å²) in [4.78, 5) is 1.02. The van der Waals surface area contributed by atoms with Crippen molar-refractivity contribution in [2.24, 2.45) is 5.73 Å². The smallest absolute Gasteiger partial charge is 0.142 e. The van der Waals surface area contributed by atoms with E-state index in [2.05, 4.69) is 0 Å².